The van der Waals surface area contributed by atoms with Gasteiger partial charge >= 0.3 is 5.97 Å². The Morgan fingerprint density at radius 1 is 1.29 bits per heavy atom. The molecule has 38 heavy (non-hydrogen) atoms. The fourth-order valence-electron chi connectivity index (χ4n) is 5.60. The van der Waals surface area contributed by atoms with Crippen molar-refractivity contribution in [3.05, 3.63) is 64.5 Å². The standard InChI is InChI=1S/C29H32ClFN4O3/c1-5-38-29(36)18-6-8-20(9-7-18)35-15-23(17(3)34-35)19-12-21-22(14-33-28(21)32-13-19)16(2)26-25(37-4)11-10-24(31)27(26)30/h10-16,18,20H,5-9H2,1-4H3,(H,32,33). The maximum absolute atomic E-state index is 14.4. The van der Waals surface area contributed by atoms with Crippen molar-refractivity contribution >= 4 is 28.6 Å². The predicted molar refractivity (Wildman–Crippen MR) is 145 cm³/mol. The number of halogens is 2. The zero-order valence-electron chi connectivity index (χ0n) is 22.1. The first-order valence-electron chi connectivity index (χ1n) is 13.0. The average molecular weight is 539 g/mol. The monoisotopic (exact) mass is 538 g/mol. The van der Waals surface area contributed by atoms with Crippen molar-refractivity contribution in [1.82, 2.24) is 19.7 Å². The summed E-state index contributed by atoms with van der Waals surface area (Å²) in [5.41, 5.74) is 5.16. The Morgan fingerprint density at radius 2 is 2.05 bits per heavy atom. The Balaban J connectivity index is 1.44. The zero-order chi connectivity index (χ0) is 27.0. The molecule has 1 aliphatic carbocycles. The molecule has 4 aromatic rings. The summed E-state index contributed by atoms with van der Waals surface area (Å²) in [4.78, 5) is 20.0. The van der Waals surface area contributed by atoms with E-state index in [0.717, 1.165) is 59.1 Å². The number of pyridine rings is 1. The predicted octanol–water partition coefficient (Wildman–Crippen LogP) is 6.98. The largest absolute Gasteiger partial charge is 0.496 e. The number of H-pyrrole nitrogens is 1. The molecule has 3 heterocycles. The van der Waals surface area contributed by atoms with Crippen molar-refractivity contribution < 1.29 is 18.7 Å². The maximum atomic E-state index is 14.4. The van der Waals surface area contributed by atoms with Gasteiger partial charge in [0, 0.05) is 46.6 Å². The third kappa shape index (κ3) is 4.77. The molecule has 200 valence electrons. The molecule has 5 rings (SSSR count). The van der Waals surface area contributed by atoms with Crippen molar-refractivity contribution in [2.45, 2.75) is 58.4 Å². The van der Waals surface area contributed by atoms with E-state index in [4.69, 9.17) is 26.2 Å². The molecule has 1 fully saturated rings. The lowest BCUT2D eigenvalue weighted by Gasteiger charge is -2.27. The molecule has 0 aliphatic heterocycles. The highest BCUT2D eigenvalue weighted by Gasteiger charge is 2.29. The van der Waals surface area contributed by atoms with Gasteiger partial charge in [-0.15, -0.1) is 0 Å². The van der Waals surface area contributed by atoms with Gasteiger partial charge in [-0.25, -0.2) is 9.37 Å². The first-order valence-corrected chi connectivity index (χ1v) is 13.4. The van der Waals surface area contributed by atoms with E-state index in [1.54, 1.807) is 13.2 Å². The smallest absolute Gasteiger partial charge is 0.308 e. The zero-order valence-corrected chi connectivity index (χ0v) is 22.8. The number of benzene rings is 1. The SMILES string of the molecule is CCOC(=O)C1CCC(n2cc(-c3cnc4[nH]cc(C(C)c5c(OC)ccc(F)c5Cl)c4c3)c(C)n2)CC1. The number of fused-ring (bicyclic) bond motifs is 1. The number of nitrogens with zero attached hydrogens (tertiary/aromatic N) is 3. The normalized spacial score (nSPS) is 18.5. The molecule has 0 radical (unpaired) electrons. The number of aromatic nitrogens is 4. The van der Waals surface area contributed by atoms with Crippen molar-refractivity contribution in [3.8, 4) is 16.9 Å². The van der Waals surface area contributed by atoms with Crippen LogP contribution < -0.4 is 4.74 Å². The van der Waals surface area contributed by atoms with Crippen molar-refractivity contribution in [1.29, 1.82) is 0 Å². The lowest BCUT2D eigenvalue weighted by atomic mass is 9.86. The molecular weight excluding hydrogens is 507 g/mol. The summed E-state index contributed by atoms with van der Waals surface area (Å²) >= 11 is 6.39. The molecule has 3 aromatic heterocycles. The highest BCUT2D eigenvalue weighted by atomic mass is 35.5. The third-order valence-electron chi connectivity index (χ3n) is 7.69. The van der Waals surface area contributed by atoms with Gasteiger partial charge in [0.1, 0.15) is 17.2 Å². The summed E-state index contributed by atoms with van der Waals surface area (Å²) in [6.07, 6.45) is 9.20. The highest BCUT2D eigenvalue weighted by Crippen LogP contribution is 2.41. The molecule has 0 spiro atoms. The van der Waals surface area contributed by atoms with Crippen molar-refractivity contribution in [2.75, 3.05) is 13.7 Å². The van der Waals surface area contributed by atoms with Crippen LogP contribution in [-0.4, -0.2) is 39.4 Å². The lowest BCUT2D eigenvalue weighted by Crippen LogP contribution is -2.25. The average Bonchev–Trinajstić information content (AvgIpc) is 3.53. The topological polar surface area (TPSA) is 82.0 Å². The van der Waals surface area contributed by atoms with Crippen LogP contribution in [0.15, 0.2) is 36.8 Å². The van der Waals surface area contributed by atoms with E-state index in [9.17, 15) is 9.18 Å². The molecule has 0 amide bonds. The number of rotatable bonds is 7. The second-order valence-corrected chi connectivity index (χ2v) is 10.3. The van der Waals surface area contributed by atoms with Crippen LogP contribution in [0.25, 0.3) is 22.2 Å². The minimum Gasteiger partial charge on any atom is -0.496 e. The van der Waals surface area contributed by atoms with Gasteiger partial charge in [-0.3, -0.25) is 9.48 Å². The Kier molecular flexibility index (Phi) is 7.43. The maximum Gasteiger partial charge on any atom is 0.308 e. The van der Waals surface area contributed by atoms with Crippen LogP contribution in [0.1, 0.15) is 68.3 Å². The highest BCUT2D eigenvalue weighted by molar-refractivity contribution is 6.31. The van der Waals surface area contributed by atoms with Crippen LogP contribution in [0.2, 0.25) is 5.02 Å². The molecule has 1 unspecified atom stereocenters. The fourth-order valence-corrected chi connectivity index (χ4v) is 5.92. The van der Waals surface area contributed by atoms with E-state index < -0.39 is 5.82 Å². The number of esters is 1. The number of hydrogen-bond donors (Lipinski definition) is 1. The molecule has 7 nitrogen and oxygen atoms in total. The lowest BCUT2D eigenvalue weighted by molar-refractivity contribution is -0.149. The number of ether oxygens (including phenoxy) is 2. The minimum absolute atomic E-state index is 0.0202. The molecule has 9 heteroatoms. The van der Waals surface area contributed by atoms with Crippen LogP contribution >= 0.6 is 11.6 Å². The number of methoxy groups -OCH3 is 1. The molecule has 1 aliphatic rings. The summed E-state index contributed by atoms with van der Waals surface area (Å²) in [6.45, 7) is 6.24. The Hall–Kier alpha value is -3.39. The Labute approximate surface area is 226 Å². The summed E-state index contributed by atoms with van der Waals surface area (Å²) in [5.74, 6) is -0.286. The molecule has 1 aromatic carbocycles. The summed E-state index contributed by atoms with van der Waals surface area (Å²) in [6, 6.07) is 5.26. The van der Waals surface area contributed by atoms with Gasteiger partial charge in [0.2, 0.25) is 0 Å². The van der Waals surface area contributed by atoms with Crippen LogP contribution in [0, 0.1) is 18.7 Å². The van der Waals surface area contributed by atoms with Gasteiger partial charge in [-0.2, -0.15) is 5.10 Å². The molecular formula is C29H32ClFN4O3. The fraction of sp³-hybridized carbons (Fsp3) is 0.414. The number of carbonyl (C=O) groups is 1. The minimum atomic E-state index is -0.479. The van der Waals surface area contributed by atoms with E-state index in [-0.39, 0.29) is 28.9 Å². The van der Waals surface area contributed by atoms with Gasteiger partial charge in [0.25, 0.3) is 0 Å². The number of aryl methyl sites for hydroxylation is 1. The van der Waals surface area contributed by atoms with Crippen molar-refractivity contribution in [3.63, 3.8) is 0 Å². The molecule has 1 atom stereocenters. The Bertz CT molecular complexity index is 1470. The van der Waals surface area contributed by atoms with Gasteiger partial charge in [-0.1, -0.05) is 18.5 Å². The number of hydrogen-bond acceptors (Lipinski definition) is 5. The second-order valence-electron chi connectivity index (χ2n) is 9.93. The van der Waals surface area contributed by atoms with Crippen molar-refractivity contribution in [2.24, 2.45) is 5.92 Å². The molecule has 1 saturated carbocycles. The first kappa shape index (κ1) is 26.2. The summed E-state index contributed by atoms with van der Waals surface area (Å²) in [5, 5.41) is 5.81. The van der Waals surface area contributed by atoms with E-state index in [0.29, 0.717) is 17.9 Å². The van der Waals surface area contributed by atoms with Crippen LogP contribution in [0.3, 0.4) is 0 Å². The van der Waals surface area contributed by atoms with Gasteiger partial charge in [0.05, 0.1) is 36.4 Å². The van der Waals surface area contributed by atoms with Crippen LogP contribution in [0.4, 0.5) is 4.39 Å². The molecule has 1 N–H and O–H groups in total. The van der Waals surface area contributed by atoms with Gasteiger partial charge in [0.15, 0.2) is 0 Å². The third-order valence-corrected chi connectivity index (χ3v) is 8.08. The summed E-state index contributed by atoms with van der Waals surface area (Å²) < 4.78 is 27.1. The molecule has 0 bridgehead atoms. The van der Waals surface area contributed by atoms with E-state index in [1.165, 1.54) is 6.07 Å². The summed E-state index contributed by atoms with van der Waals surface area (Å²) in [7, 11) is 1.55. The Morgan fingerprint density at radius 3 is 2.76 bits per heavy atom. The number of nitrogens with one attached hydrogen (secondary N) is 1. The molecule has 0 saturated heterocycles. The number of carbonyl (C=O) groups excluding carboxylic acids is 1. The van der Waals surface area contributed by atoms with Gasteiger partial charge in [-0.05, 0) is 63.3 Å². The quantitative estimate of drug-likeness (QED) is 0.257. The first-order chi connectivity index (χ1) is 18.3. The van der Waals surface area contributed by atoms with Gasteiger partial charge < -0.3 is 14.5 Å². The van der Waals surface area contributed by atoms with Crippen LogP contribution in [0.5, 0.6) is 5.75 Å². The van der Waals surface area contributed by atoms with E-state index in [1.807, 2.05) is 37.8 Å². The van der Waals surface area contributed by atoms with E-state index in [2.05, 4.69) is 22.2 Å². The van der Waals surface area contributed by atoms with E-state index >= 15 is 0 Å². The second kappa shape index (κ2) is 10.8. The van der Waals surface area contributed by atoms with Crippen LogP contribution in [-0.2, 0) is 9.53 Å². The number of aromatic amines is 1.